The first-order chi connectivity index (χ1) is 38.5. The number of hydrogen-bond donors (Lipinski definition) is 13. The molecule has 11 atom stereocenters. The smallest absolute Gasteiger partial charge is 0.268 e. The van der Waals surface area contributed by atoms with Crippen LogP contribution in [0.5, 0.6) is 0 Å². The summed E-state index contributed by atoms with van der Waals surface area (Å²) in [5, 5.41) is 41.7. The highest BCUT2D eigenvalue weighted by atomic mass is 16.3. The molecule has 0 radical (unpaired) electrons. The summed E-state index contributed by atoms with van der Waals surface area (Å²) in [5.41, 5.74) is 15.5. The Morgan fingerprint density at radius 1 is 0.622 bits per heavy atom. The summed E-state index contributed by atoms with van der Waals surface area (Å²) in [7, 11) is 1.11. The Hall–Kier alpha value is -7.49. The van der Waals surface area contributed by atoms with Crippen molar-refractivity contribution in [3.05, 3.63) is 23.5 Å². The van der Waals surface area contributed by atoms with Gasteiger partial charge in [0.1, 0.15) is 53.7 Å². The molecule has 0 aromatic carbocycles. The lowest BCUT2D eigenvalue weighted by molar-refractivity contribution is -0.151. The number of rotatable bonds is 19. The molecule has 82 heavy (non-hydrogen) atoms. The van der Waals surface area contributed by atoms with Crippen molar-refractivity contribution in [1.29, 1.82) is 0 Å². The third kappa shape index (κ3) is 22.5. The average molecular weight is 1160 g/mol. The summed E-state index contributed by atoms with van der Waals surface area (Å²) in [6, 6.07) is -12.9. The van der Waals surface area contributed by atoms with Crippen LogP contribution in [-0.4, -0.2) is 171 Å². The molecule has 0 aromatic rings. The number of carbonyl (C=O) groups excluding carboxylic acids is 13. The number of nitrogens with two attached hydrogens (primary N) is 3. The van der Waals surface area contributed by atoms with Gasteiger partial charge in [-0.3, -0.25) is 62.3 Å². The summed E-state index contributed by atoms with van der Waals surface area (Å²) >= 11 is 0. The Labute approximate surface area is 478 Å². The minimum atomic E-state index is -2.13. The molecule has 2 rings (SSSR count). The molecule has 28 nitrogen and oxygen atoms in total. The monoisotopic (exact) mass is 1160 g/mol. The molecule has 2 heterocycles. The highest BCUT2D eigenvalue weighted by Crippen LogP contribution is 2.23. The van der Waals surface area contributed by atoms with Crippen LogP contribution in [0.15, 0.2) is 23.5 Å². The van der Waals surface area contributed by atoms with Gasteiger partial charge in [0.2, 0.25) is 59.1 Å². The Bertz CT molecular complexity index is 2380. The van der Waals surface area contributed by atoms with Crippen molar-refractivity contribution < 1.29 is 72.5 Å². The number of unbranched alkanes of at least 4 members (excludes halogenated alkanes) is 7. The van der Waals surface area contributed by atoms with E-state index in [1.54, 1.807) is 20.8 Å². The van der Waals surface area contributed by atoms with Gasteiger partial charge in [0.05, 0.1) is 31.4 Å². The molecule has 16 N–H and O–H groups in total. The van der Waals surface area contributed by atoms with E-state index in [2.05, 4.69) is 49.5 Å². The van der Waals surface area contributed by atoms with Gasteiger partial charge in [-0.05, 0) is 65.2 Å². The zero-order valence-electron chi connectivity index (χ0n) is 48.7. The predicted molar refractivity (Wildman–Crippen MR) is 297 cm³/mol. The fraction of sp³-hybridized carbons (Fsp3) is 0.685. The molecule has 2 aliphatic rings. The van der Waals surface area contributed by atoms with E-state index in [0.29, 0.717) is 12.8 Å². The fourth-order valence-corrected chi connectivity index (χ4v) is 9.44. The number of aliphatic hydroxyl groups is 2. The van der Waals surface area contributed by atoms with Crippen LogP contribution in [0, 0.1) is 11.8 Å². The zero-order valence-corrected chi connectivity index (χ0v) is 48.7. The highest BCUT2D eigenvalue weighted by Gasteiger charge is 2.44. The van der Waals surface area contributed by atoms with E-state index in [9.17, 15) is 72.5 Å². The van der Waals surface area contributed by atoms with Crippen LogP contribution in [0.1, 0.15) is 152 Å². The van der Waals surface area contributed by atoms with Crippen LogP contribution in [0.25, 0.3) is 0 Å². The van der Waals surface area contributed by atoms with Crippen molar-refractivity contribution in [2.45, 2.75) is 212 Å². The van der Waals surface area contributed by atoms with Gasteiger partial charge in [0.25, 0.3) is 17.7 Å². The average Bonchev–Trinajstić information content (AvgIpc) is 3.97. The van der Waals surface area contributed by atoms with E-state index in [0.717, 1.165) is 80.9 Å². The first-order valence-corrected chi connectivity index (χ1v) is 28.0. The van der Waals surface area contributed by atoms with Gasteiger partial charge >= 0.3 is 0 Å². The predicted octanol–water partition coefficient (Wildman–Crippen LogP) is -2.63. The molecule has 2 saturated heterocycles. The van der Waals surface area contributed by atoms with E-state index in [1.807, 2.05) is 0 Å². The minimum Gasteiger partial charge on any atom is -0.391 e. The summed E-state index contributed by atoms with van der Waals surface area (Å²) in [4.78, 5) is 179. The first-order valence-electron chi connectivity index (χ1n) is 28.0. The Balaban J connectivity index is 2.79. The van der Waals surface area contributed by atoms with Gasteiger partial charge in [-0.15, -0.1) is 0 Å². The number of amides is 13. The fourth-order valence-electron chi connectivity index (χ4n) is 9.44. The molecule has 460 valence electrons. The van der Waals surface area contributed by atoms with E-state index in [-0.39, 0.29) is 31.7 Å². The van der Waals surface area contributed by atoms with Crippen molar-refractivity contribution in [3.63, 3.8) is 0 Å². The molecule has 2 aliphatic heterocycles. The number of allylic oxidation sites excluding steroid dienone is 2. The molecule has 0 spiro atoms. The molecule has 13 amide bonds. The molecular weight excluding hydrogens is 1070 g/mol. The van der Waals surface area contributed by atoms with Crippen LogP contribution in [0.4, 0.5) is 0 Å². The Morgan fingerprint density at radius 2 is 1.12 bits per heavy atom. The number of fused-ring (bicyclic) bond motifs is 1. The van der Waals surface area contributed by atoms with E-state index >= 15 is 0 Å². The van der Waals surface area contributed by atoms with Crippen molar-refractivity contribution in [2.24, 2.45) is 29.0 Å². The second-order valence-corrected chi connectivity index (χ2v) is 21.5. The molecule has 0 aliphatic carbocycles. The molecule has 0 saturated carbocycles. The number of primary amides is 3. The Morgan fingerprint density at radius 3 is 1.61 bits per heavy atom. The van der Waals surface area contributed by atoms with Gasteiger partial charge < -0.3 is 79.7 Å². The lowest BCUT2D eigenvalue weighted by Crippen LogP contribution is -2.62. The third-order valence-electron chi connectivity index (χ3n) is 14.2. The lowest BCUT2D eigenvalue weighted by Gasteiger charge is -2.35. The largest absolute Gasteiger partial charge is 0.391 e. The van der Waals surface area contributed by atoms with Crippen molar-refractivity contribution in [2.75, 3.05) is 13.6 Å². The first kappa shape index (κ1) is 70.6. The van der Waals surface area contributed by atoms with Crippen LogP contribution < -0.4 is 59.7 Å². The normalized spacial score (nSPS) is 26.7. The molecule has 0 aromatic heterocycles. The standard InChI is InChI=1S/C54H89N13O15/c1-10-13-14-15-16-17-18-19-21-29(6)42-44(72)52(80)58-30(7)45(73)65-43(31(8)68)54(82)66(9)38(27-41(57)71)53(81)67-23-20-22-37(67)51(79)63-34(24-28(4)5)48(76)59-32(11-2)46(74)61-35(25-39(55)69)49(77)60-33(12-3)47(75)62-36(26-40(56)70)50(78)64-42/h11-12,28-31,34-38,42-44,68,72H,10,13-27H2,1-9H3,(H2,55,69)(H2,56,70)(H2,57,71)(H,58,80)(H,59,76)(H,60,77)(H,61,74)(H,62,75)(H,63,79)(H,64,78)(H,65,73)/b32-11-,33-12+/t29?,30-,31+,34-,35?,36?,37-,38-,42?,43?,44?/m0/s1. The number of nitrogens with zero attached hydrogens (tertiary/aromatic N) is 2. The lowest BCUT2D eigenvalue weighted by atomic mass is 9.90. The number of aliphatic hydroxyl groups excluding tert-OH is 2. The zero-order chi connectivity index (χ0) is 62.1. The molecule has 0 bridgehead atoms. The van der Waals surface area contributed by atoms with Crippen LogP contribution in [0.3, 0.4) is 0 Å². The number of nitrogens with one attached hydrogen (secondary N) is 8. The molecule has 28 heteroatoms. The number of hydrogen-bond acceptors (Lipinski definition) is 15. The van der Waals surface area contributed by atoms with E-state index < -0.39 is 174 Å². The molecular formula is C54H89N13O15. The molecule has 2 fully saturated rings. The quantitative estimate of drug-likeness (QED) is 0.0465. The SMILES string of the molecule is C/C=C1\NC(=O)[C@H](CC(C)C)NC(=O)[C@@H]2CCCN2C(=O)[C@H](CC(N)=O)N(C)C(=O)C([C@@H](C)O)NC(=O)[C@H](C)NC(=O)C(O)C(C(C)CCCCCCCCCC)NC(=O)C(CC(N)=O)NC(=O)/C(=C\C)NC(=O)C(CC(N)=O)NC1=O. The van der Waals surface area contributed by atoms with Crippen molar-refractivity contribution in [1.82, 2.24) is 52.3 Å². The van der Waals surface area contributed by atoms with Crippen LogP contribution >= 0.6 is 0 Å². The van der Waals surface area contributed by atoms with Crippen molar-refractivity contribution >= 4 is 76.8 Å². The second-order valence-electron chi connectivity index (χ2n) is 21.5. The van der Waals surface area contributed by atoms with E-state index in [1.165, 1.54) is 20.8 Å². The number of carbonyl (C=O) groups is 13. The summed E-state index contributed by atoms with van der Waals surface area (Å²) in [5.74, 6) is -14.9. The maximum absolute atomic E-state index is 14.5. The minimum absolute atomic E-state index is 0.0182. The number of likely N-dealkylation sites (N-methyl/N-ethyl adjacent to an activating group) is 1. The van der Waals surface area contributed by atoms with Gasteiger partial charge in [0.15, 0.2) is 6.10 Å². The van der Waals surface area contributed by atoms with E-state index in [4.69, 9.17) is 17.2 Å². The summed E-state index contributed by atoms with van der Waals surface area (Å²) in [6.45, 7) is 12.1. The van der Waals surface area contributed by atoms with Crippen molar-refractivity contribution in [3.8, 4) is 0 Å². The second kappa shape index (κ2) is 34.7. The summed E-state index contributed by atoms with van der Waals surface area (Å²) < 4.78 is 0. The molecule has 6 unspecified atom stereocenters. The highest BCUT2D eigenvalue weighted by molar-refractivity contribution is 6.05. The van der Waals surface area contributed by atoms with Gasteiger partial charge in [-0.25, -0.2) is 0 Å². The Kier molecular flexibility index (Phi) is 29.9. The van der Waals surface area contributed by atoms with Crippen LogP contribution in [-0.2, 0) is 62.3 Å². The van der Waals surface area contributed by atoms with Crippen LogP contribution in [0.2, 0.25) is 0 Å². The summed E-state index contributed by atoms with van der Waals surface area (Å²) in [6.07, 6.45) is 4.08. The van der Waals surface area contributed by atoms with Gasteiger partial charge in [0, 0.05) is 13.6 Å². The topological polar surface area (TPSA) is 443 Å². The van der Waals surface area contributed by atoms with Gasteiger partial charge in [-0.1, -0.05) is 91.2 Å². The van der Waals surface area contributed by atoms with Gasteiger partial charge in [-0.2, -0.15) is 0 Å². The maximum Gasteiger partial charge on any atom is 0.268 e. The maximum atomic E-state index is 14.5. The third-order valence-corrected chi connectivity index (χ3v) is 14.2.